The molecule has 2 rings (SSSR count). The first-order valence-corrected chi connectivity index (χ1v) is 6.27. The smallest absolute Gasteiger partial charge is 0.185 e. The summed E-state index contributed by atoms with van der Waals surface area (Å²) in [5, 5.41) is 9.63. The number of aromatic hydroxyl groups is 1. The van der Waals surface area contributed by atoms with Crippen LogP contribution >= 0.6 is 0 Å². The number of hydrogen-bond acceptors (Lipinski definition) is 3. The fraction of sp³-hybridized carbons (Fsp3) is 0.188. The van der Waals surface area contributed by atoms with E-state index in [-0.39, 0.29) is 23.6 Å². The van der Waals surface area contributed by atoms with E-state index in [0.29, 0.717) is 0 Å². The third kappa shape index (κ3) is 3.15. The highest BCUT2D eigenvalue weighted by Crippen LogP contribution is 2.20. The molecule has 1 N–H and O–H groups in total. The number of nitrogens with zero attached hydrogens (tertiary/aromatic N) is 1. The van der Waals surface area contributed by atoms with Crippen LogP contribution in [0.2, 0.25) is 0 Å². The van der Waals surface area contributed by atoms with E-state index in [2.05, 4.69) is 0 Å². The first-order valence-electron chi connectivity index (χ1n) is 6.27. The second kappa shape index (κ2) is 5.74. The van der Waals surface area contributed by atoms with Gasteiger partial charge in [0.1, 0.15) is 11.6 Å². The molecule has 0 bridgehead atoms. The lowest BCUT2D eigenvalue weighted by atomic mass is 10.1. The molecular formula is C16H16FNO2. The molecular weight excluding hydrogens is 257 g/mol. The summed E-state index contributed by atoms with van der Waals surface area (Å²) in [6.45, 7) is 2.04. The van der Waals surface area contributed by atoms with E-state index < -0.39 is 5.82 Å². The van der Waals surface area contributed by atoms with Gasteiger partial charge < -0.3 is 10.0 Å². The van der Waals surface area contributed by atoms with E-state index in [1.807, 2.05) is 31.2 Å². The van der Waals surface area contributed by atoms with Crippen molar-refractivity contribution in [3.8, 4) is 5.75 Å². The summed E-state index contributed by atoms with van der Waals surface area (Å²) in [4.78, 5) is 13.9. The van der Waals surface area contributed by atoms with E-state index in [1.165, 1.54) is 6.07 Å². The number of halogens is 1. The Morgan fingerprint density at radius 2 is 2.00 bits per heavy atom. The normalized spacial score (nSPS) is 10.3. The maximum Gasteiger partial charge on any atom is 0.185 e. The van der Waals surface area contributed by atoms with Crippen LogP contribution in [0.4, 0.5) is 10.1 Å². The Morgan fingerprint density at radius 1 is 1.25 bits per heavy atom. The highest BCUT2D eigenvalue weighted by atomic mass is 19.1. The summed E-state index contributed by atoms with van der Waals surface area (Å²) in [6.07, 6.45) is 0. The maximum atomic E-state index is 13.1. The SMILES string of the molecule is Cc1cccc(N(C)CC(=O)c2cc(F)ccc2O)c1. The van der Waals surface area contributed by atoms with Crippen LogP contribution in [0.25, 0.3) is 0 Å². The van der Waals surface area contributed by atoms with Gasteiger partial charge in [0.25, 0.3) is 0 Å². The van der Waals surface area contributed by atoms with Gasteiger partial charge in [-0.05, 0) is 42.8 Å². The Hall–Kier alpha value is -2.36. The van der Waals surface area contributed by atoms with Crippen molar-refractivity contribution in [3.63, 3.8) is 0 Å². The minimum Gasteiger partial charge on any atom is -0.507 e. The number of likely N-dealkylation sites (N-methyl/N-ethyl adjacent to an activating group) is 1. The maximum absolute atomic E-state index is 13.1. The summed E-state index contributed by atoms with van der Waals surface area (Å²) < 4.78 is 13.1. The lowest BCUT2D eigenvalue weighted by Gasteiger charge is -2.19. The Labute approximate surface area is 117 Å². The van der Waals surface area contributed by atoms with Gasteiger partial charge in [-0.15, -0.1) is 0 Å². The minimum absolute atomic E-state index is 0.00417. The molecule has 0 unspecified atom stereocenters. The monoisotopic (exact) mass is 273 g/mol. The minimum atomic E-state index is -0.538. The lowest BCUT2D eigenvalue weighted by Crippen LogP contribution is -2.25. The Morgan fingerprint density at radius 3 is 2.70 bits per heavy atom. The van der Waals surface area contributed by atoms with Crippen LogP contribution < -0.4 is 4.90 Å². The number of hydrogen-bond donors (Lipinski definition) is 1. The van der Waals surface area contributed by atoms with Crippen LogP contribution in [-0.2, 0) is 0 Å². The number of rotatable bonds is 4. The van der Waals surface area contributed by atoms with Crippen molar-refractivity contribution in [2.45, 2.75) is 6.92 Å². The van der Waals surface area contributed by atoms with E-state index in [0.717, 1.165) is 23.4 Å². The van der Waals surface area contributed by atoms with Gasteiger partial charge in [-0.25, -0.2) is 4.39 Å². The van der Waals surface area contributed by atoms with Crippen LogP contribution in [0.15, 0.2) is 42.5 Å². The molecule has 0 amide bonds. The third-order valence-corrected chi connectivity index (χ3v) is 3.08. The number of aryl methyl sites for hydroxylation is 1. The van der Waals surface area contributed by atoms with Gasteiger partial charge in [0, 0.05) is 12.7 Å². The molecule has 4 heteroatoms. The average molecular weight is 273 g/mol. The number of anilines is 1. The third-order valence-electron chi connectivity index (χ3n) is 3.08. The molecule has 0 spiro atoms. The molecule has 0 aliphatic heterocycles. The standard InChI is InChI=1S/C16H16FNO2/c1-11-4-3-5-13(8-11)18(2)10-16(20)14-9-12(17)6-7-15(14)19/h3-9,19H,10H2,1-2H3. The number of carbonyl (C=O) groups is 1. The van der Waals surface area contributed by atoms with E-state index >= 15 is 0 Å². The van der Waals surface area contributed by atoms with E-state index in [9.17, 15) is 14.3 Å². The number of ketones is 1. The van der Waals surface area contributed by atoms with Gasteiger partial charge >= 0.3 is 0 Å². The fourth-order valence-corrected chi connectivity index (χ4v) is 1.99. The predicted octanol–water partition coefficient (Wildman–Crippen LogP) is 3.16. The van der Waals surface area contributed by atoms with Crippen LogP contribution in [0, 0.1) is 12.7 Å². The van der Waals surface area contributed by atoms with Crippen LogP contribution in [-0.4, -0.2) is 24.5 Å². The predicted molar refractivity (Wildman–Crippen MR) is 76.8 cm³/mol. The highest BCUT2D eigenvalue weighted by molar-refractivity contribution is 6.01. The largest absolute Gasteiger partial charge is 0.507 e. The molecule has 0 aliphatic carbocycles. The van der Waals surface area contributed by atoms with Gasteiger partial charge in [0.2, 0.25) is 0 Å². The molecule has 0 saturated carbocycles. The summed E-state index contributed by atoms with van der Waals surface area (Å²) in [6, 6.07) is 11.1. The molecule has 0 heterocycles. The first-order chi connectivity index (χ1) is 9.47. The zero-order valence-corrected chi connectivity index (χ0v) is 11.4. The van der Waals surface area contributed by atoms with E-state index in [1.54, 1.807) is 11.9 Å². The van der Waals surface area contributed by atoms with Crippen molar-refractivity contribution >= 4 is 11.5 Å². The van der Waals surface area contributed by atoms with Crippen LogP contribution in [0.5, 0.6) is 5.75 Å². The van der Waals surface area contributed by atoms with Crippen molar-refractivity contribution in [2.24, 2.45) is 0 Å². The average Bonchev–Trinajstić information content (AvgIpc) is 2.41. The number of phenols is 1. The number of phenolic OH excluding ortho intramolecular Hbond substituents is 1. The van der Waals surface area contributed by atoms with Crippen molar-refractivity contribution < 1.29 is 14.3 Å². The zero-order chi connectivity index (χ0) is 14.7. The number of carbonyl (C=O) groups excluding carboxylic acids is 1. The Bertz CT molecular complexity index is 640. The molecule has 104 valence electrons. The van der Waals surface area contributed by atoms with Crippen molar-refractivity contribution in [1.82, 2.24) is 0 Å². The Balaban J connectivity index is 2.17. The van der Waals surface area contributed by atoms with Gasteiger partial charge in [-0.1, -0.05) is 12.1 Å². The number of Topliss-reactive ketones (excluding diaryl/α,β-unsaturated/α-hetero) is 1. The molecule has 0 aliphatic rings. The lowest BCUT2D eigenvalue weighted by molar-refractivity contribution is 0.0997. The molecule has 0 aromatic heterocycles. The Kier molecular flexibility index (Phi) is 4.03. The summed E-state index contributed by atoms with van der Waals surface area (Å²) in [5.74, 6) is -1.07. The summed E-state index contributed by atoms with van der Waals surface area (Å²) >= 11 is 0. The van der Waals surface area contributed by atoms with Gasteiger partial charge in [-0.3, -0.25) is 4.79 Å². The van der Waals surface area contributed by atoms with E-state index in [4.69, 9.17) is 0 Å². The molecule has 2 aromatic carbocycles. The first kappa shape index (κ1) is 14.1. The van der Waals surface area contributed by atoms with Crippen molar-refractivity contribution in [3.05, 3.63) is 59.4 Å². The van der Waals surface area contributed by atoms with Gasteiger partial charge in [-0.2, -0.15) is 0 Å². The molecule has 3 nitrogen and oxygen atoms in total. The van der Waals surface area contributed by atoms with Crippen molar-refractivity contribution in [1.29, 1.82) is 0 Å². The second-order valence-electron chi connectivity index (χ2n) is 4.78. The topological polar surface area (TPSA) is 40.5 Å². The molecule has 0 atom stereocenters. The molecule has 0 saturated heterocycles. The van der Waals surface area contributed by atoms with Gasteiger partial charge in [0.15, 0.2) is 5.78 Å². The molecule has 20 heavy (non-hydrogen) atoms. The molecule has 0 fully saturated rings. The molecule has 2 aromatic rings. The van der Waals surface area contributed by atoms with Crippen LogP contribution in [0.3, 0.4) is 0 Å². The molecule has 0 radical (unpaired) electrons. The van der Waals surface area contributed by atoms with Crippen molar-refractivity contribution in [2.75, 3.05) is 18.5 Å². The highest BCUT2D eigenvalue weighted by Gasteiger charge is 2.14. The fourth-order valence-electron chi connectivity index (χ4n) is 1.99. The van der Waals surface area contributed by atoms with Crippen LogP contribution in [0.1, 0.15) is 15.9 Å². The van der Waals surface area contributed by atoms with Gasteiger partial charge in [0.05, 0.1) is 12.1 Å². The number of benzene rings is 2. The zero-order valence-electron chi connectivity index (χ0n) is 11.4. The quantitative estimate of drug-likeness (QED) is 0.870. The summed E-state index contributed by atoms with van der Waals surface area (Å²) in [7, 11) is 1.78. The summed E-state index contributed by atoms with van der Waals surface area (Å²) in [5.41, 5.74) is 1.99. The second-order valence-corrected chi connectivity index (χ2v) is 4.78.